The first-order valence-electron chi connectivity index (χ1n) is 1.88. The van der Waals surface area contributed by atoms with Crippen LogP contribution in [0, 0.1) is 0 Å². The summed E-state index contributed by atoms with van der Waals surface area (Å²) in [7, 11) is 0. The molecule has 0 aliphatic carbocycles. The van der Waals surface area contributed by atoms with E-state index in [1.54, 1.807) is 0 Å². The Hall–Kier alpha value is 0.233. The molecule has 0 N–H and O–H groups in total. The molecule has 6 heavy (non-hydrogen) atoms. The molecule has 0 aromatic carbocycles. The molecule has 0 aliphatic rings. The third kappa shape index (κ3) is 4.23. The molecule has 0 aromatic heterocycles. The van der Waals surface area contributed by atoms with Crippen LogP contribution in [0.5, 0.6) is 0 Å². The first-order valence-corrected chi connectivity index (χ1v) is 2.75. The Balaban J connectivity index is 3.30. The standard InChI is InChI=1S/C5H8.Ru/c1-3-5-4-2;/h3,5H,1-2H3;/q;+1/b5-3-;. The van der Waals surface area contributed by atoms with E-state index in [4.69, 9.17) is 0 Å². The van der Waals surface area contributed by atoms with E-state index in [0.717, 1.165) is 0 Å². The zero-order chi connectivity index (χ0) is 4.99. The molecule has 0 radical (unpaired) electrons. The van der Waals surface area contributed by atoms with Gasteiger partial charge in [0.2, 0.25) is 0 Å². The fourth-order valence-corrected chi connectivity index (χ4v) is 0.515. The molecule has 0 nitrogen and oxygen atoms in total. The van der Waals surface area contributed by atoms with E-state index in [2.05, 4.69) is 30.9 Å². The molecular formula is C5H8Ru+. The second-order valence-corrected chi connectivity index (χ2v) is 2.44. The Labute approximate surface area is 48.5 Å². The van der Waals surface area contributed by atoms with Gasteiger partial charge in [0, 0.05) is 0 Å². The number of allylic oxidation sites excluding steroid dienone is 2. The van der Waals surface area contributed by atoms with Crippen molar-refractivity contribution in [3.8, 4) is 0 Å². The van der Waals surface area contributed by atoms with Crippen molar-refractivity contribution >= 4 is 4.11 Å². The summed E-state index contributed by atoms with van der Waals surface area (Å²) in [4.78, 5) is 0. The molecule has 0 heterocycles. The van der Waals surface area contributed by atoms with Crippen molar-refractivity contribution in [3.63, 3.8) is 0 Å². The zero-order valence-electron chi connectivity index (χ0n) is 4.01. The summed E-state index contributed by atoms with van der Waals surface area (Å²) in [5, 5.41) is 0. The van der Waals surface area contributed by atoms with Gasteiger partial charge in [0.1, 0.15) is 0 Å². The molecule has 0 aromatic rings. The van der Waals surface area contributed by atoms with Crippen LogP contribution in [0.3, 0.4) is 0 Å². The van der Waals surface area contributed by atoms with Gasteiger partial charge in [-0.1, -0.05) is 0 Å². The molecular weight excluding hydrogens is 161 g/mol. The predicted molar refractivity (Wildman–Crippen MR) is 25.5 cm³/mol. The van der Waals surface area contributed by atoms with E-state index >= 15 is 0 Å². The first-order chi connectivity index (χ1) is 2.77. The molecule has 0 saturated heterocycles. The number of hydrogen-bond acceptors (Lipinski definition) is 0. The second-order valence-electron chi connectivity index (χ2n) is 1.07. The Kier molecular flexibility index (Phi) is 3.56. The predicted octanol–water partition coefficient (Wildman–Crippen LogP) is 1.30. The van der Waals surface area contributed by atoms with Gasteiger partial charge in [0.15, 0.2) is 0 Å². The summed E-state index contributed by atoms with van der Waals surface area (Å²) in [6, 6.07) is 0. The van der Waals surface area contributed by atoms with Gasteiger partial charge in [-0.15, -0.1) is 0 Å². The van der Waals surface area contributed by atoms with Crippen molar-refractivity contribution in [2.24, 2.45) is 0 Å². The van der Waals surface area contributed by atoms with E-state index in [1.165, 1.54) is 4.11 Å². The minimum atomic E-state index is 1.29. The Bertz CT molecular complexity index is 72.0. The molecule has 1 heteroatoms. The van der Waals surface area contributed by atoms with Crippen molar-refractivity contribution in [2.75, 3.05) is 0 Å². The maximum absolute atomic E-state index is 2.52. The maximum atomic E-state index is 2.52. The van der Waals surface area contributed by atoms with Crippen LogP contribution in [0.1, 0.15) is 13.8 Å². The summed E-state index contributed by atoms with van der Waals surface area (Å²) in [5.74, 6) is 0. The van der Waals surface area contributed by atoms with Crippen molar-refractivity contribution < 1.29 is 17.9 Å². The van der Waals surface area contributed by atoms with Gasteiger partial charge in [0.25, 0.3) is 0 Å². The monoisotopic (exact) mass is 170 g/mol. The van der Waals surface area contributed by atoms with Crippen LogP contribution in [0.15, 0.2) is 12.2 Å². The van der Waals surface area contributed by atoms with Gasteiger partial charge in [-0.25, -0.2) is 0 Å². The molecule has 0 rings (SSSR count). The van der Waals surface area contributed by atoms with Crippen molar-refractivity contribution in [1.29, 1.82) is 0 Å². The summed E-state index contributed by atoms with van der Waals surface area (Å²) < 4.78 is 1.29. The van der Waals surface area contributed by atoms with Gasteiger partial charge in [-0.2, -0.15) is 0 Å². The van der Waals surface area contributed by atoms with Gasteiger partial charge >= 0.3 is 48.0 Å². The van der Waals surface area contributed by atoms with E-state index in [-0.39, 0.29) is 0 Å². The average Bonchev–Trinajstić information content (AvgIpc) is 1.35. The van der Waals surface area contributed by atoms with Gasteiger partial charge in [0.05, 0.1) is 0 Å². The molecule has 0 aliphatic heterocycles. The van der Waals surface area contributed by atoms with Crippen LogP contribution in [0.2, 0.25) is 0 Å². The third-order valence-corrected chi connectivity index (χ3v) is 0.682. The fraction of sp³-hybridized carbons (Fsp3) is 0.400. The average molecular weight is 169 g/mol. The van der Waals surface area contributed by atoms with Crippen LogP contribution in [-0.2, 0) is 17.9 Å². The van der Waals surface area contributed by atoms with Crippen molar-refractivity contribution in [1.82, 2.24) is 0 Å². The van der Waals surface area contributed by atoms with E-state index in [9.17, 15) is 0 Å². The third-order valence-electron chi connectivity index (χ3n) is 0.392. The summed E-state index contributed by atoms with van der Waals surface area (Å²) in [6.07, 6.45) is 4.07. The fourth-order valence-electron chi connectivity index (χ4n) is 0.226. The van der Waals surface area contributed by atoms with E-state index in [1.807, 2.05) is 13.0 Å². The molecule has 0 amide bonds. The molecule has 35 valence electrons. The van der Waals surface area contributed by atoms with Crippen LogP contribution in [0.4, 0.5) is 0 Å². The van der Waals surface area contributed by atoms with Crippen LogP contribution < -0.4 is 0 Å². The zero-order valence-corrected chi connectivity index (χ0v) is 5.75. The van der Waals surface area contributed by atoms with Gasteiger partial charge in [-0.05, 0) is 0 Å². The molecule has 0 unspecified atom stereocenters. The SMILES string of the molecule is C/C=C\[C](C)=[Ru+]. The van der Waals surface area contributed by atoms with Gasteiger partial charge < -0.3 is 0 Å². The van der Waals surface area contributed by atoms with E-state index < -0.39 is 0 Å². The summed E-state index contributed by atoms with van der Waals surface area (Å²) in [5.41, 5.74) is 0. The quantitative estimate of drug-likeness (QED) is 0.519. The minimum absolute atomic E-state index is 1.29. The van der Waals surface area contributed by atoms with Gasteiger partial charge in [-0.3, -0.25) is 0 Å². The summed E-state index contributed by atoms with van der Waals surface area (Å²) in [6.45, 7) is 4.06. The van der Waals surface area contributed by atoms with E-state index in [0.29, 0.717) is 0 Å². The first kappa shape index (κ1) is 6.23. The van der Waals surface area contributed by atoms with Crippen molar-refractivity contribution in [2.45, 2.75) is 13.8 Å². The topological polar surface area (TPSA) is 0 Å². The molecule has 0 spiro atoms. The number of rotatable bonds is 1. The second kappa shape index (κ2) is 3.42. The molecule has 0 bridgehead atoms. The van der Waals surface area contributed by atoms with Crippen LogP contribution in [-0.4, -0.2) is 4.11 Å². The molecule has 0 saturated carbocycles. The van der Waals surface area contributed by atoms with Crippen LogP contribution >= 0.6 is 0 Å². The Morgan fingerprint density at radius 2 is 2.17 bits per heavy atom. The summed E-state index contributed by atoms with van der Waals surface area (Å²) >= 11 is 2.52. The van der Waals surface area contributed by atoms with Crippen molar-refractivity contribution in [3.05, 3.63) is 12.2 Å². The molecule has 0 atom stereocenters. The normalized spacial score (nSPS) is 9.67. The van der Waals surface area contributed by atoms with Crippen LogP contribution in [0.25, 0.3) is 0 Å². The Morgan fingerprint density at radius 1 is 1.67 bits per heavy atom. The Morgan fingerprint density at radius 3 is 2.17 bits per heavy atom. The number of hydrogen-bond donors (Lipinski definition) is 0. The molecule has 0 fully saturated rings.